The molecule has 0 spiro atoms. The molecule has 0 radical (unpaired) electrons. The van der Waals surface area contributed by atoms with Crippen LogP contribution in [-0.4, -0.2) is 38.0 Å². The lowest BCUT2D eigenvalue weighted by atomic mass is 9.95. The molecule has 0 aromatic carbocycles. The van der Waals surface area contributed by atoms with E-state index in [0.717, 1.165) is 37.6 Å². The third kappa shape index (κ3) is 3.71. The summed E-state index contributed by atoms with van der Waals surface area (Å²) in [5.74, 6) is 2.18. The average Bonchev–Trinajstić information content (AvgIpc) is 2.70. The molecule has 7 heteroatoms. The van der Waals surface area contributed by atoms with E-state index in [0.29, 0.717) is 11.6 Å². The summed E-state index contributed by atoms with van der Waals surface area (Å²) >= 11 is 0. The molecule has 0 amide bonds. The Hall–Kier alpha value is -3.09. The monoisotopic (exact) mass is 334 g/mol. The minimum Gasteiger partial charge on any atom is -0.436 e. The van der Waals surface area contributed by atoms with Crippen molar-refractivity contribution in [3.63, 3.8) is 0 Å². The van der Waals surface area contributed by atoms with Crippen LogP contribution < -0.4 is 9.64 Å². The van der Waals surface area contributed by atoms with Gasteiger partial charge in [-0.1, -0.05) is 0 Å². The van der Waals surface area contributed by atoms with Crippen molar-refractivity contribution in [2.45, 2.75) is 18.8 Å². The third-order valence-corrected chi connectivity index (χ3v) is 4.16. The largest absolute Gasteiger partial charge is 0.436 e. The number of piperidine rings is 1. The Bertz CT molecular complexity index is 814. The van der Waals surface area contributed by atoms with Crippen LogP contribution in [0.2, 0.25) is 0 Å². The first-order valence-electron chi connectivity index (χ1n) is 8.30. The highest BCUT2D eigenvalue weighted by molar-refractivity contribution is 5.31. The second-order valence-corrected chi connectivity index (χ2v) is 5.91. The summed E-state index contributed by atoms with van der Waals surface area (Å²) in [6, 6.07) is 5.50. The first kappa shape index (κ1) is 15.4. The second kappa shape index (κ2) is 7.21. The van der Waals surface area contributed by atoms with Crippen molar-refractivity contribution in [2.75, 3.05) is 18.0 Å². The lowest BCUT2D eigenvalue weighted by Crippen LogP contribution is -2.35. The molecule has 1 atom stereocenters. The number of hydrogen-bond donors (Lipinski definition) is 0. The van der Waals surface area contributed by atoms with Gasteiger partial charge in [0.1, 0.15) is 5.75 Å². The molecule has 1 aliphatic heterocycles. The number of hydrogen-bond acceptors (Lipinski definition) is 7. The molecule has 4 rings (SSSR count). The van der Waals surface area contributed by atoms with E-state index in [-0.39, 0.29) is 5.92 Å². The average molecular weight is 334 g/mol. The Morgan fingerprint density at radius 2 is 1.92 bits per heavy atom. The highest BCUT2D eigenvalue weighted by Gasteiger charge is 2.24. The van der Waals surface area contributed by atoms with E-state index in [2.05, 4.69) is 29.8 Å². The maximum absolute atomic E-state index is 5.75. The van der Waals surface area contributed by atoms with E-state index in [9.17, 15) is 0 Å². The van der Waals surface area contributed by atoms with Crippen molar-refractivity contribution in [3.8, 4) is 11.6 Å². The van der Waals surface area contributed by atoms with Gasteiger partial charge < -0.3 is 9.64 Å². The minimum absolute atomic E-state index is 0.280. The Morgan fingerprint density at radius 3 is 2.76 bits per heavy atom. The van der Waals surface area contributed by atoms with Crippen LogP contribution in [0.15, 0.2) is 55.4 Å². The van der Waals surface area contributed by atoms with E-state index >= 15 is 0 Å². The summed E-state index contributed by atoms with van der Waals surface area (Å²) in [7, 11) is 0. The van der Waals surface area contributed by atoms with E-state index in [1.165, 1.54) is 0 Å². The van der Waals surface area contributed by atoms with Gasteiger partial charge >= 0.3 is 0 Å². The number of ether oxygens (including phenoxy) is 1. The first-order chi connectivity index (χ1) is 12.4. The fraction of sp³-hybridized carbons (Fsp3) is 0.278. The van der Waals surface area contributed by atoms with Crippen LogP contribution >= 0.6 is 0 Å². The number of aromatic nitrogens is 5. The molecule has 126 valence electrons. The molecular weight excluding hydrogens is 316 g/mol. The van der Waals surface area contributed by atoms with Crippen molar-refractivity contribution in [1.82, 2.24) is 24.9 Å². The molecule has 0 saturated carbocycles. The fourth-order valence-corrected chi connectivity index (χ4v) is 2.99. The Morgan fingerprint density at radius 1 is 1.00 bits per heavy atom. The lowest BCUT2D eigenvalue weighted by molar-refractivity contribution is 0.443. The summed E-state index contributed by atoms with van der Waals surface area (Å²) in [5, 5.41) is 0. The Kier molecular flexibility index (Phi) is 4.45. The minimum atomic E-state index is 0.280. The normalized spacial score (nSPS) is 17.3. The molecule has 1 aliphatic rings. The van der Waals surface area contributed by atoms with Gasteiger partial charge in [-0.25, -0.2) is 15.0 Å². The standard InChI is InChI=1S/C18H18N6O/c1-5-15(10-19-6-1)25-17-12-20-11-16(23-17)14-4-2-9-24(13-14)18-21-7-3-8-22-18/h1,3,5-8,10-12,14H,2,4,9,13H2/t14-/m0/s1. The summed E-state index contributed by atoms with van der Waals surface area (Å²) in [4.78, 5) is 23.9. The van der Waals surface area contributed by atoms with Crippen LogP contribution in [0.5, 0.6) is 11.6 Å². The maximum atomic E-state index is 5.75. The lowest BCUT2D eigenvalue weighted by Gasteiger charge is -2.32. The van der Waals surface area contributed by atoms with Gasteiger partial charge in [-0.2, -0.15) is 0 Å². The zero-order valence-electron chi connectivity index (χ0n) is 13.7. The van der Waals surface area contributed by atoms with Gasteiger partial charge in [-0.05, 0) is 31.0 Å². The Balaban J connectivity index is 1.50. The number of nitrogens with zero attached hydrogens (tertiary/aromatic N) is 6. The highest BCUT2D eigenvalue weighted by atomic mass is 16.5. The van der Waals surface area contributed by atoms with Crippen molar-refractivity contribution >= 4 is 5.95 Å². The van der Waals surface area contributed by atoms with Gasteiger partial charge in [0.25, 0.3) is 0 Å². The van der Waals surface area contributed by atoms with Crippen molar-refractivity contribution in [3.05, 3.63) is 61.1 Å². The SMILES string of the molecule is c1cnc(N2CCC[C@H](c3cncc(Oc4cccnc4)n3)C2)nc1. The van der Waals surface area contributed by atoms with Crippen LogP contribution in [0.1, 0.15) is 24.5 Å². The summed E-state index contributed by atoms with van der Waals surface area (Å²) < 4.78 is 5.75. The predicted octanol–water partition coefficient (Wildman–Crippen LogP) is 2.84. The molecule has 0 bridgehead atoms. The number of pyridine rings is 1. The summed E-state index contributed by atoms with van der Waals surface area (Å²) in [6.07, 6.45) is 12.5. The van der Waals surface area contributed by atoms with E-state index in [1.807, 2.05) is 24.4 Å². The summed E-state index contributed by atoms with van der Waals surface area (Å²) in [6.45, 7) is 1.79. The second-order valence-electron chi connectivity index (χ2n) is 5.91. The van der Waals surface area contributed by atoms with Gasteiger partial charge in [0.15, 0.2) is 0 Å². The topological polar surface area (TPSA) is 76.9 Å². The molecule has 3 aromatic rings. The van der Waals surface area contributed by atoms with E-state index in [4.69, 9.17) is 4.74 Å². The zero-order valence-corrected chi connectivity index (χ0v) is 13.7. The van der Waals surface area contributed by atoms with Crippen molar-refractivity contribution < 1.29 is 4.74 Å². The first-order valence-corrected chi connectivity index (χ1v) is 8.30. The molecule has 0 aliphatic carbocycles. The predicted molar refractivity (Wildman–Crippen MR) is 92.6 cm³/mol. The van der Waals surface area contributed by atoms with Gasteiger partial charge in [-0.3, -0.25) is 9.97 Å². The number of rotatable bonds is 4. The van der Waals surface area contributed by atoms with E-state index in [1.54, 1.807) is 31.0 Å². The van der Waals surface area contributed by atoms with Crippen molar-refractivity contribution in [1.29, 1.82) is 0 Å². The quantitative estimate of drug-likeness (QED) is 0.726. The Labute approximate surface area is 145 Å². The number of anilines is 1. The summed E-state index contributed by atoms with van der Waals surface area (Å²) in [5.41, 5.74) is 0.932. The molecule has 0 unspecified atom stereocenters. The molecule has 25 heavy (non-hydrogen) atoms. The van der Waals surface area contributed by atoms with Crippen LogP contribution in [0, 0.1) is 0 Å². The van der Waals surface area contributed by atoms with Crippen molar-refractivity contribution in [2.24, 2.45) is 0 Å². The molecule has 0 N–H and O–H groups in total. The molecule has 1 saturated heterocycles. The molecule has 7 nitrogen and oxygen atoms in total. The van der Waals surface area contributed by atoms with E-state index < -0.39 is 0 Å². The smallest absolute Gasteiger partial charge is 0.238 e. The van der Waals surface area contributed by atoms with Crippen LogP contribution in [0.25, 0.3) is 0 Å². The maximum Gasteiger partial charge on any atom is 0.238 e. The van der Waals surface area contributed by atoms with Crippen LogP contribution in [-0.2, 0) is 0 Å². The molecule has 3 aromatic heterocycles. The van der Waals surface area contributed by atoms with Gasteiger partial charge in [0.05, 0.1) is 18.1 Å². The third-order valence-electron chi connectivity index (χ3n) is 4.16. The van der Waals surface area contributed by atoms with Gasteiger partial charge in [0.2, 0.25) is 11.8 Å². The fourth-order valence-electron chi connectivity index (χ4n) is 2.99. The van der Waals surface area contributed by atoms with Crippen LogP contribution in [0.3, 0.4) is 0 Å². The van der Waals surface area contributed by atoms with Crippen LogP contribution in [0.4, 0.5) is 5.95 Å². The molecule has 4 heterocycles. The molecule has 1 fully saturated rings. The highest BCUT2D eigenvalue weighted by Crippen LogP contribution is 2.28. The molecular formula is C18H18N6O. The van der Waals surface area contributed by atoms with Gasteiger partial charge in [0, 0.05) is 43.8 Å². The van der Waals surface area contributed by atoms with Gasteiger partial charge in [-0.15, -0.1) is 0 Å². The zero-order chi connectivity index (χ0) is 16.9.